The van der Waals surface area contributed by atoms with E-state index < -0.39 is 93.3 Å². The van der Waals surface area contributed by atoms with Crippen molar-refractivity contribution >= 4 is 78.2 Å². The van der Waals surface area contributed by atoms with Crippen molar-refractivity contribution in [1.82, 2.24) is 39.0 Å². The molecule has 2 fully saturated rings. The number of esters is 1. The van der Waals surface area contributed by atoms with E-state index >= 15 is 0 Å². The van der Waals surface area contributed by atoms with Crippen LogP contribution in [0.4, 0.5) is 11.9 Å². The second-order valence-electron chi connectivity index (χ2n) is 14.8. The lowest BCUT2D eigenvalue weighted by atomic mass is 10.1. The summed E-state index contributed by atoms with van der Waals surface area (Å²) in [7, 11) is -2.45. The van der Waals surface area contributed by atoms with Crippen LogP contribution in [-0.2, 0) is 48.9 Å². The number of nitrogens with two attached hydrogens (primary N) is 2. The molecule has 0 aromatic carbocycles. The van der Waals surface area contributed by atoms with Gasteiger partial charge in [-0.1, -0.05) is 71.1 Å². The van der Waals surface area contributed by atoms with Gasteiger partial charge in [-0.15, -0.1) is 4.52 Å². The van der Waals surface area contributed by atoms with E-state index in [1.165, 1.54) is 60.3 Å². The third kappa shape index (κ3) is 11.8. The summed E-state index contributed by atoms with van der Waals surface area (Å²) in [5.74, 6) is -1.06. The number of anilines is 2. The number of rotatable bonds is 23. The predicted molar refractivity (Wildman–Crippen MR) is 226 cm³/mol. The highest BCUT2D eigenvalue weighted by atomic mass is 32.7. The molecule has 6 heterocycles. The molecule has 2 saturated heterocycles. The minimum Gasteiger partial charge on any atom is -0.455 e. The Kier molecular flexibility index (Phi) is 16.4. The quantitative estimate of drug-likeness (QED) is 0.0229. The number of fused-ring (bicyclic) bond motifs is 2. The Morgan fingerprint density at radius 1 is 0.852 bits per heavy atom. The van der Waals surface area contributed by atoms with E-state index in [9.17, 15) is 34.1 Å². The number of carbonyl (C=O) groups is 1. The monoisotopic (exact) mass is 933 g/mol. The number of ether oxygens (including phenoxy) is 3. The van der Waals surface area contributed by atoms with Gasteiger partial charge in [0.25, 0.3) is 11.1 Å². The highest BCUT2D eigenvalue weighted by Gasteiger charge is 2.51. The van der Waals surface area contributed by atoms with E-state index in [1.54, 1.807) is 0 Å². The molecule has 23 nitrogen and oxygen atoms in total. The number of hydrogen-bond donors (Lipinski definition) is 8. The van der Waals surface area contributed by atoms with Gasteiger partial charge in [-0.2, -0.15) is 9.97 Å². The number of unbranched alkanes of at least 4 members (excludes halogenated alkanes) is 10. The maximum absolute atomic E-state index is 13.2. The maximum Gasteiger partial charge on any atom is 0.582 e. The van der Waals surface area contributed by atoms with Gasteiger partial charge in [0.15, 0.2) is 40.9 Å². The number of nitrogen functional groups attached to an aromatic ring is 2. The average molecular weight is 934 g/mol. The van der Waals surface area contributed by atoms with Gasteiger partial charge >= 0.3 is 19.9 Å². The maximum atomic E-state index is 13.2. The van der Waals surface area contributed by atoms with Crippen LogP contribution >= 0.6 is 26.2 Å². The molecule has 6 rings (SSSR count). The van der Waals surface area contributed by atoms with Gasteiger partial charge in [0.1, 0.15) is 49.4 Å². The molecule has 10 atom stereocenters. The Morgan fingerprint density at radius 3 is 1.93 bits per heavy atom. The van der Waals surface area contributed by atoms with E-state index in [1.807, 2.05) is 0 Å². The van der Waals surface area contributed by atoms with Gasteiger partial charge in [0.05, 0.1) is 19.3 Å². The largest absolute Gasteiger partial charge is 0.582 e. The van der Waals surface area contributed by atoms with Crippen molar-refractivity contribution in [3.05, 3.63) is 33.4 Å². The van der Waals surface area contributed by atoms with Gasteiger partial charge in [0.2, 0.25) is 11.9 Å². The van der Waals surface area contributed by atoms with Crippen LogP contribution in [0.2, 0.25) is 0 Å². The fourth-order valence-electron chi connectivity index (χ4n) is 7.31. The molecule has 0 spiro atoms. The van der Waals surface area contributed by atoms with Crippen LogP contribution in [0.3, 0.4) is 0 Å². The number of aliphatic hydroxyl groups excluding tert-OH is 2. The number of carbonyl (C=O) groups excluding carboxylic acids is 1. The summed E-state index contributed by atoms with van der Waals surface area (Å²) in [6, 6.07) is 0. The number of thiol groups is 1. The first-order valence-electron chi connectivity index (χ1n) is 19.9. The molecule has 0 aliphatic carbocycles. The van der Waals surface area contributed by atoms with Crippen LogP contribution < -0.4 is 22.6 Å². The summed E-state index contributed by atoms with van der Waals surface area (Å²) < 4.78 is 48.6. The minimum absolute atomic E-state index is 0.0174. The number of H-pyrrole nitrogens is 2. The zero-order valence-electron chi connectivity index (χ0n) is 33.2. The second-order valence-corrected chi connectivity index (χ2v) is 19.3. The highest BCUT2D eigenvalue weighted by molar-refractivity contribution is 8.39. The Morgan fingerprint density at radius 2 is 1.38 bits per heavy atom. The van der Waals surface area contributed by atoms with Gasteiger partial charge in [-0.05, 0) is 22.8 Å². The van der Waals surface area contributed by atoms with Gasteiger partial charge in [-0.25, -0.2) is 9.97 Å². The molecular formula is C34H51N10O13P2S2+. The predicted octanol–water partition coefficient (Wildman–Crippen LogP) is 2.77. The average Bonchev–Trinajstić information content (AvgIpc) is 3.96. The normalized spacial score (nSPS) is 25.4. The SMILES string of the molecule is CCCCCCCCCCCCCC(=O)OC1C(n2cnc3c(=O)[nH]c(N)nc32)O[C@H](COP(O)(=S)O[C@@H]2C(O)C(n3cnc4c(=O)[nH]c(N)nc43)O[C@@H]2CO[P+](=O)S)[C@@H]1O. The molecule has 336 valence electrons. The van der Waals surface area contributed by atoms with E-state index in [0.717, 1.165) is 25.7 Å². The second kappa shape index (κ2) is 21.3. The van der Waals surface area contributed by atoms with Gasteiger partial charge in [0, 0.05) is 6.42 Å². The molecule has 0 radical (unpaired) electrons. The van der Waals surface area contributed by atoms with Crippen molar-refractivity contribution in [3.8, 4) is 0 Å². The fraction of sp³-hybridized carbons (Fsp3) is 0.676. The first-order valence-corrected chi connectivity index (χ1v) is 24.9. The summed E-state index contributed by atoms with van der Waals surface area (Å²) in [5, 5.41) is 23.0. The zero-order valence-corrected chi connectivity index (χ0v) is 36.7. The number of aliphatic hydroxyl groups is 2. The zero-order chi connectivity index (χ0) is 43.8. The molecule has 27 heteroatoms. The summed E-state index contributed by atoms with van der Waals surface area (Å²) in [6.45, 7) is -3.28. The minimum atomic E-state index is -4.39. The lowest BCUT2D eigenvalue weighted by Gasteiger charge is -2.26. The fourth-order valence-corrected chi connectivity index (χ4v) is 9.23. The highest BCUT2D eigenvalue weighted by Crippen LogP contribution is 2.50. The van der Waals surface area contributed by atoms with Crippen LogP contribution in [0.1, 0.15) is 96.4 Å². The molecule has 0 amide bonds. The summed E-state index contributed by atoms with van der Waals surface area (Å²) >= 11 is 9.06. The third-order valence-corrected chi connectivity index (χ3v) is 12.6. The first kappa shape index (κ1) is 47.0. The molecule has 0 saturated carbocycles. The van der Waals surface area contributed by atoms with Crippen LogP contribution in [0.15, 0.2) is 22.2 Å². The molecule has 0 bridgehead atoms. The van der Waals surface area contributed by atoms with Crippen molar-refractivity contribution in [2.24, 2.45) is 0 Å². The van der Waals surface area contributed by atoms with Crippen LogP contribution in [0.5, 0.6) is 0 Å². The number of imidazole rings is 2. The molecule has 61 heavy (non-hydrogen) atoms. The van der Waals surface area contributed by atoms with Crippen molar-refractivity contribution < 1.29 is 52.2 Å². The third-order valence-electron chi connectivity index (χ3n) is 10.3. The van der Waals surface area contributed by atoms with Crippen molar-refractivity contribution in [2.75, 3.05) is 24.7 Å². The lowest BCUT2D eigenvalue weighted by Crippen LogP contribution is -2.38. The number of nitrogens with zero attached hydrogens (tertiary/aromatic N) is 6. The molecule has 2 aliphatic rings. The summed E-state index contributed by atoms with van der Waals surface area (Å²) in [5.41, 5.74) is 9.97. The number of nitrogens with one attached hydrogen (secondary N) is 2. The summed E-state index contributed by atoms with van der Waals surface area (Å²) in [4.78, 5) is 70.5. The lowest BCUT2D eigenvalue weighted by molar-refractivity contribution is -0.158. The number of aromatic amines is 2. The molecule has 9 N–H and O–H groups in total. The molecular weight excluding hydrogens is 883 g/mol. The van der Waals surface area contributed by atoms with Gasteiger partial charge in [-0.3, -0.25) is 38.0 Å². The standard InChI is InChI=1S/C34H50N10O13P2S2/c1-2-3-4-5-6-7-8-9-10-11-12-13-20(45)56-26-23(46)18(54-32(26)44-17-38-22-28(44)40-34(36)42-30(22)49)15-53-59(51,61)57-25-19(14-52-58(50)60)55-31(24(25)47)43-16-37-21-27(43)39-33(35)41-29(21)48/h16-19,23-26,31-32,46-47H,2-15H2,1H3,(H7-,35,36,39,40,41,42,48,49,50,51,60,61)/p+1/t18-,19-,23+,24?,25+,26?,31?,32?,59?/m1/s1. The van der Waals surface area contributed by atoms with Gasteiger partial charge < -0.3 is 45.3 Å². The molecule has 6 unspecified atom stereocenters. The Balaban J connectivity index is 1.12. The molecule has 4 aromatic rings. The first-order chi connectivity index (χ1) is 29.2. The van der Waals surface area contributed by atoms with E-state index in [0.29, 0.717) is 6.42 Å². The van der Waals surface area contributed by atoms with Crippen molar-refractivity contribution in [2.45, 2.75) is 133 Å². The number of hydrogen-bond acceptors (Lipinski definition) is 19. The van der Waals surface area contributed by atoms with Crippen LogP contribution in [0.25, 0.3) is 22.3 Å². The Hall–Kier alpha value is -3.45. The van der Waals surface area contributed by atoms with Crippen LogP contribution in [-0.4, -0.2) is 110 Å². The summed E-state index contributed by atoms with van der Waals surface area (Å²) in [6.07, 6.45) is 3.16. The topological polar surface area (TPSA) is 329 Å². The van der Waals surface area contributed by atoms with E-state index in [2.05, 4.69) is 49.1 Å². The molecule has 2 aliphatic heterocycles. The van der Waals surface area contributed by atoms with Crippen molar-refractivity contribution in [3.63, 3.8) is 0 Å². The Labute approximate surface area is 359 Å². The number of aromatic nitrogens is 8. The van der Waals surface area contributed by atoms with E-state index in [-0.39, 0.29) is 40.6 Å². The smallest absolute Gasteiger partial charge is 0.455 e. The Bertz CT molecular complexity index is 2310. The molecule has 4 aromatic heterocycles. The van der Waals surface area contributed by atoms with E-state index in [4.69, 9.17) is 51.1 Å². The van der Waals surface area contributed by atoms with Crippen LogP contribution in [0, 0.1) is 0 Å². The van der Waals surface area contributed by atoms with Crippen molar-refractivity contribution in [1.29, 1.82) is 0 Å².